The fraction of sp³-hybridized carbons (Fsp3) is 0.467. The van der Waals surface area contributed by atoms with E-state index in [-0.39, 0.29) is 12.0 Å². The third-order valence-electron chi connectivity index (χ3n) is 3.79. The van der Waals surface area contributed by atoms with E-state index >= 15 is 0 Å². The van der Waals surface area contributed by atoms with Gasteiger partial charge in [0.15, 0.2) is 0 Å². The lowest BCUT2D eigenvalue weighted by Crippen LogP contribution is -2.38. The van der Waals surface area contributed by atoms with Gasteiger partial charge in [0.25, 0.3) is 0 Å². The van der Waals surface area contributed by atoms with Crippen LogP contribution in [0.15, 0.2) is 36.7 Å². The van der Waals surface area contributed by atoms with Gasteiger partial charge in [0.05, 0.1) is 6.10 Å². The van der Waals surface area contributed by atoms with Crippen molar-refractivity contribution in [1.82, 2.24) is 25.5 Å². The average molecular weight is 301 g/mol. The molecule has 2 heterocycles. The smallest absolute Gasteiger partial charge is 0.245 e. The first-order chi connectivity index (χ1) is 10.8. The highest BCUT2D eigenvalue weighted by molar-refractivity contribution is 5.80. The van der Waals surface area contributed by atoms with Gasteiger partial charge in [-0.2, -0.15) is 0 Å². The number of aromatic nitrogens is 4. The first kappa shape index (κ1) is 14.6. The SMILES string of the molecule is O=C(NCC1CCCO1)C(Cc1ccccc1)n1cnnn1. The molecule has 1 fully saturated rings. The van der Waals surface area contributed by atoms with Crippen molar-refractivity contribution in [2.75, 3.05) is 13.2 Å². The fourth-order valence-corrected chi connectivity index (χ4v) is 2.59. The Morgan fingerprint density at radius 1 is 1.41 bits per heavy atom. The molecule has 1 saturated heterocycles. The average Bonchev–Trinajstić information content (AvgIpc) is 3.24. The Morgan fingerprint density at radius 2 is 2.27 bits per heavy atom. The highest BCUT2D eigenvalue weighted by atomic mass is 16.5. The third-order valence-corrected chi connectivity index (χ3v) is 3.79. The summed E-state index contributed by atoms with van der Waals surface area (Å²) in [6, 6.07) is 9.38. The van der Waals surface area contributed by atoms with Crippen LogP contribution >= 0.6 is 0 Å². The van der Waals surface area contributed by atoms with Crippen LogP contribution in [-0.2, 0) is 16.0 Å². The monoisotopic (exact) mass is 301 g/mol. The third kappa shape index (κ3) is 3.67. The van der Waals surface area contributed by atoms with Crippen molar-refractivity contribution in [3.8, 4) is 0 Å². The van der Waals surface area contributed by atoms with Crippen molar-refractivity contribution in [3.63, 3.8) is 0 Å². The molecule has 0 radical (unpaired) electrons. The van der Waals surface area contributed by atoms with Gasteiger partial charge in [-0.1, -0.05) is 30.3 Å². The number of hydrogen-bond donors (Lipinski definition) is 1. The fourth-order valence-electron chi connectivity index (χ4n) is 2.59. The van der Waals surface area contributed by atoms with Crippen LogP contribution in [0.3, 0.4) is 0 Å². The maximum Gasteiger partial charge on any atom is 0.245 e. The maximum absolute atomic E-state index is 12.5. The van der Waals surface area contributed by atoms with E-state index < -0.39 is 6.04 Å². The van der Waals surface area contributed by atoms with Crippen LogP contribution < -0.4 is 5.32 Å². The van der Waals surface area contributed by atoms with Crippen LogP contribution in [0, 0.1) is 0 Å². The minimum atomic E-state index is -0.459. The van der Waals surface area contributed by atoms with E-state index in [4.69, 9.17) is 4.74 Å². The summed E-state index contributed by atoms with van der Waals surface area (Å²) < 4.78 is 7.03. The van der Waals surface area contributed by atoms with Gasteiger partial charge in [-0.05, 0) is 28.8 Å². The van der Waals surface area contributed by atoms with E-state index in [0.717, 1.165) is 25.0 Å². The van der Waals surface area contributed by atoms with E-state index in [1.807, 2.05) is 30.3 Å². The zero-order valence-corrected chi connectivity index (χ0v) is 12.3. The van der Waals surface area contributed by atoms with Gasteiger partial charge in [-0.3, -0.25) is 4.79 Å². The van der Waals surface area contributed by atoms with Crippen molar-refractivity contribution in [3.05, 3.63) is 42.2 Å². The van der Waals surface area contributed by atoms with Crippen molar-refractivity contribution in [2.24, 2.45) is 0 Å². The number of nitrogens with zero attached hydrogens (tertiary/aromatic N) is 4. The summed E-state index contributed by atoms with van der Waals surface area (Å²) in [4.78, 5) is 12.5. The molecular formula is C15H19N5O2. The van der Waals surface area contributed by atoms with Gasteiger partial charge in [0.2, 0.25) is 5.91 Å². The molecule has 0 bridgehead atoms. The number of tetrazole rings is 1. The van der Waals surface area contributed by atoms with E-state index in [1.54, 1.807) is 0 Å². The molecule has 1 aliphatic rings. The first-order valence-electron chi connectivity index (χ1n) is 7.48. The molecule has 0 spiro atoms. The highest BCUT2D eigenvalue weighted by Crippen LogP contribution is 2.14. The Labute approximate surface area is 128 Å². The quantitative estimate of drug-likeness (QED) is 0.851. The van der Waals surface area contributed by atoms with Crippen LogP contribution in [-0.4, -0.2) is 45.4 Å². The van der Waals surface area contributed by atoms with Crippen LogP contribution in [0.1, 0.15) is 24.4 Å². The molecule has 7 nitrogen and oxygen atoms in total. The largest absolute Gasteiger partial charge is 0.376 e. The number of carbonyl (C=O) groups excluding carboxylic acids is 1. The zero-order valence-electron chi connectivity index (χ0n) is 12.3. The minimum absolute atomic E-state index is 0.0911. The zero-order chi connectivity index (χ0) is 15.2. The standard InChI is InChI=1S/C15H19N5O2/c21-15(16-10-13-7-4-8-22-13)14(20-11-17-18-19-20)9-12-5-2-1-3-6-12/h1-3,5-6,11,13-14H,4,7-10H2,(H,16,21). The molecule has 1 aromatic heterocycles. The van der Waals surface area contributed by atoms with Gasteiger partial charge in [-0.25, -0.2) is 4.68 Å². The Balaban J connectivity index is 1.66. The molecule has 7 heteroatoms. The number of rotatable bonds is 6. The second kappa shape index (κ2) is 7.13. The van der Waals surface area contributed by atoms with Gasteiger partial charge in [0, 0.05) is 19.6 Å². The van der Waals surface area contributed by atoms with Gasteiger partial charge < -0.3 is 10.1 Å². The normalized spacial score (nSPS) is 19.0. The second-order valence-electron chi connectivity index (χ2n) is 5.38. The van der Waals surface area contributed by atoms with Gasteiger partial charge in [-0.15, -0.1) is 5.10 Å². The summed E-state index contributed by atoms with van der Waals surface area (Å²) in [5.41, 5.74) is 1.07. The predicted molar refractivity (Wildman–Crippen MR) is 79.0 cm³/mol. The minimum Gasteiger partial charge on any atom is -0.376 e. The Bertz CT molecular complexity index is 581. The Hall–Kier alpha value is -2.28. The Morgan fingerprint density at radius 3 is 2.95 bits per heavy atom. The summed E-state index contributed by atoms with van der Waals surface area (Å²) >= 11 is 0. The van der Waals surface area contributed by atoms with Crippen molar-refractivity contribution in [2.45, 2.75) is 31.4 Å². The second-order valence-corrected chi connectivity index (χ2v) is 5.38. The topological polar surface area (TPSA) is 81.9 Å². The summed E-state index contributed by atoms with van der Waals surface area (Å²) in [7, 11) is 0. The molecule has 2 unspecified atom stereocenters. The number of hydrogen-bond acceptors (Lipinski definition) is 5. The number of benzene rings is 1. The van der Waals surface area contributed by atoms with Crippen molar-refractivity contribution in [1.29, 1.82) is 0 Å². The molecule has 0 aliphatic carbocycles. The van der Waals surface area contributed by atoms with Crippen LogP contribution in [0.4, 0.5) is 0 Å². The van der Waals surface area contributed by atoms with Crippen molar-refractivity contribution >= 4 is 5.91 Å². The first-order valence-corrected chi connectivity index (χ1v) is 7.48. The van der Waals surface area contributed by atoms with Crippen molar-refractivity contribution < 1.29 is 9.53 Å². The summed E-state index contributed by atoms with van der Waals surface area (Å²) in [5.74, 6) is -0.0911. The molecule has 2 atom stereocenters. The number of ether oxygens (including phenoxy) is 1. The van der Waals surface area contributed by atoms with E-state index in [0.29, 0.717) is 13.0 Å². The van der Waals surface area contributed by atoms with Crippen LogP contribution in [0.5, 0.6) is 0 Å². The van der Waals surface area contributed by atoms with Gasteiger partial charge in [0.1, 0.15) is 12.4 Å². The predicted octanol–water partition coefficient (Wildman–Crippen LogP) is 0.752. The summed E-state index contributed by atoms with van der Waals surface area (Å²) in [6.07, 6.45) is 4.19. The number of carbonyl (C=O) groups is 1. The molecule has 3 rings (SSSR count). The van der Waals surface area contributed by atoms with E-state index in [2.05, 4.69) is 20.8 Å². The molecular weight excluding hydrogens is 282 g/mol. The van der Waals surface area contributed by atoms with E-state index in [9.17, 15) is 4.79 Å². The van der Waals surface area contributed by atoms with Gasteiger partial charge >= 0.3 is 0 Å². The summed E-state index contributed by atoms with van der Waals surface area (Å²) in [5, 5.41) is 14.1. The molecule has 0 saturated carbocycles. The molecule has 2 aromatic rings. The Kier molecular flexibility index (Phi) is 4.75. The lowest BCUT2D eigenvalue weighted by molar-refractivity contribution is -0.125. The summed E-state index contributed by atoms with van der Waals surface area (Å²) in [6.45, 7) is 1.31. The number of amides is 1. The maximum atomic E-state index is 12.5. The molecule has 1 amide bonds. The lowest BCUT2D eigenvalue weighted by atomic mass is 10.1. The molecule has 22 heavy (non-hydrogen) atoms. The highest BCUT2D eigenvalue weighted by Gasteiger charge is 2.24. The lowest BCUT2D eigenvalue weighted by Gasteiger charge is -2.18. The molecule has 1 N–H and O–H groups in total. The molecule has 116 valence electrons. The molecule has 1 aromatic carbocycles. The van der Waals surface area contributed by atoms with E-state index in [1.165, 1.54) is 11.0 Å². The number of nitrogens with one attached hydrogen (secondary N) is 1. The molecule has 1 aliphatic heterocycles. The van der Waals surface area contributed by atoms with Crippen LogP contribution in [0.25, 0.3) is 0 Å². The van der Waals surface area contributed by atoms with Crippen LogP contribution in [0.2, 0.25) is 0 Å².